The van der Waals surface area contributed by atoms with Gasteiger partial charge in [-0.3, -0.25) is 0 Å². The van der Waals surface area contributed by atoms with Gasteiger partial charge in [0.1, 0.15) is 0 Å². The van der Waals surface area contributed by atoms with Crippen LogP contribution in [0, 0.1) is 0 Å². The van der Waals surface area contributed by atoms with Crippen LogP contribution >= 0.6 is 0 Å². The Bertz CT molecular complexity index is 396. The maximum Gasteiger partial charge on any atom is 0.337 e. The summed E-state index contributed by atoms with van der Waals surface area (Å²) in [5.74, 6) is -0.294. The van der Waals surface area contributed by atoms with Crippen LogP contribution in [0.2, 0.25) is 0 Å². The minimum atomic E-state index is -0.294. The van der Waals surface area contributed by atoms with E-state index in [4.69, 9.17) is 4.74 Å². The lowest BCUT2D eigenvalue weighted by Crippen LogP contribution is -2.19. The van der Waals surface area contributed by atoms with Gasteiger partial charge in [0.05, 0.1) is 18.8 Å². The second-order valence-electron chi connectivity index (χ2n) is 4.79. The quantitative estimate of drug-likeness (QED) is 0.631. The number of nitrogens with one attached hydrogen (secondary N) is 1. The fraction of sp³-hybridized carbons (Fsp3) is 0.533. The summed E-state index contributed by atoms with van der Waals surface area (Å²) >= 11 is 0. The molecule has 1 aliphatic heterocycles. The number of hydrogen-bond donors (Lipinski definition) is 1. The highest BCUT2D eigenvalue weighted by Crippen LogP contribution is 2.14. The smallest absolute Gasteiger partial charge is 0.337 e. The lowest BCUT2D eigenvalue weighted by molar-refractivity contribution is 0.0600. The van der Waals surface area contributed by atoms with Crippen LogP contribution in [0.5, 0.6) is 0 Å². The molecule has 1 N–H and O–H groups in total. The van der Waals surface area contributed by atoms with Crippen molar-refractivity contribution in [1.29, 1.82) is 0 Å². The summed E-state index contributed by atoms with van der Waals surface area (Å²) in [6.45, 7) is 2.69. The van der Waals surface area contributed by atoms with Gasteiger partial charge < -0.3 is 14.8 Å². The molecule has 0 spiro atoms. The Labute approximate surface area is 114 Å². The van der Waals surface area contributed by atoms with E-state index in [0.717, 1.165) is 26.1 Å². The molecule has 104 valence electrons. The Kier molecular flexibility index (Phi) is 5.36. The summed E-state index contributed by atoms with van der Waals surface area (Å²) in [5.41, 5.74) is 1.76. The van der Waals surface area contributed by atoms with E-state index < -0.39 is 0 Å². The zero-order valence-electron chi connectivity index (χ0n) is 11.4. The van der Waals surface area contributed by atoms with Crippen molar-refractivity contribution < 1.29 is 14.3 Å². The van der Waals surface area contributed by atoms with E-state index in [1.165, 1.54) is 25.5 Å². The highest BCUT2D eigenvalue weighted by Gasteiger charge is 2.14. The first-order valence-electron chi connectivity index (χ1n) is 6.79. The van der Waals surface area contributed by atoms with E-state index in [1.807, 2.05) is 12.1 Å². The van der Waals surface area contributed by atoms with Gasteiger partial charge >= 0.3 is 5.97 Å². The minimum Gasteiger partial charge on any atom is -0.465 e. The van der Waals surface area contributed by atoms with Gasteiger partial charge in [0, 0.05) is 13.2 Å². The number of rotatable bonds is 6. The van der Waals surface area contributed by atoms with Crippen molar-refractivity contribution in [2.24, 2.45) is 0 Å². The highest BCUT2D eigenvalue weighted by molar-refractivity contribution is 5.89. The number of ether oxygens (including phenoxy) is 2. The molecule has 0 radical (unpaired) electrons. The first-order chi connectivity index (χ1) is 9.29. The molecule has 1 saturated heterocycles. The van der Waals surface area contributed by atoms with E-state index in [9.17, 15) is 4.79 Å². The summed E-state index contributed by atoms with van der Waals surface area (Å²) in [6.07, 6.45) is 3.89. The molecular weight excluding hydrogens is 242 g/mol. The Morgan fingerprint density at radius 2 is 2.21 bits per heavy atom. The molecule has 1 aliphatic rings. The summed E-state index contributed by atoms with van der Waals surface area (Å²) in [5, 5.41) is 3.40. The SMILES string of the molecule is COC(=O)c1ccc(CNCCC2CCCO2)cc1. The van der Waals surface area contributed by atoms with Crippen molar-refractivity contribution in [2.45, 2.75) is 31.9 Å². The van der Waals surface area contributed by atoms with Crippen LogP contribution in [0.15, 0.2) is 24.3 Å². The third kappa shape index (κ3) is 4.33. The molecule has 2 rings (SSSR count). The molecule has 0 bridgehead atoms. The van der Waals surface area contributed by atoms with E-state index >= 15 is 0 Å². The molecule has 1 heterocycles. The fourth-order valence-corrected chi connectivity index (χ4v) is 2.24. The van der Waals surface area contributed by atoms with Gasteiger partial charge in [0.15, 0.2) is 0 Å². The molecule has 4 heteroatoms. The van der Waals surface area contributed by atoms with Gasteiger partial charge in [-0.25, -0.2) is 4.79 Å². The van der Waals surface area contributed by atoms with Gasteiger partial charge in [-0.2, -0.15) is 0 Å². The maximum atomic E-state index is 11.3. The standard InChI is InChI=1S/C15H21NO3/c1-18-15(17)13-6-4-12(5-7-13)11-16-9-8-14-3-2-10-19-14/h4-7,14,16H,2-3,8-11H2,1H3. The molecule has 19 heavy (non-hydrogen) atoms. The van der Waals surface area contributed by atoms with Gasteiger partial charge in [0.2, 0.25) is 0 Å². The van der Waals surface area contributed by atoms with Crippen LogP contribution in [0.1, 0.15) is 35.2 Å². The van der Waals surface area contributed by atoms with Crippen LogP contribution < -0.4 is 5.32 Å². The molecule has 0 aliphatic carbocycles. The second-order valence-corrected chi connectivity index (χ2v) is 4.79. The zero-order valence-corrected chi connectivity index (χ0v) is 11.4. The molecule has 1 atom stereocenters. The van der Waals surface area contributed by atoms with Gasteiger partial charge in [0.25, 0.3) is 0 Å². The first kappa shape index (κ1) is 14.0. The van der Waals surface area contributed by atoms with E-state index in [2.05, 4.69) is 10.1 Å². The number of carbonyl (C=O) groups excluding carboxylic acids is 1. The fourth-order valence-electron chi connectivity index (χ4n) is 2.24. The molecule has 1 aromatic carbocycles. The number of benzene rings is 1. The largest absolute Gasteiger partial charge is 0.465 e. The lowest BCUT2D eigenvalue weighted by Gasteiger charge is -2.10. The second kappa shape index (κ2) is 7.26. The molecule has 4 nitrogen and oxygen atoms in total. The maximum absolute atomic E-state index is 11.3. The molecular formula is C15H21NO3. The summed E-state index contributed by atoms with van der Waals surface area (Å²) in [6, 6.07) is 7.49. The molecule has 0 aromatic heterocycles. The van der Waals surface area contributed by atoms with E-state index in [-0.39, 0.29) is 5.97 Å². The van der Waals surface area contributed by atoms with Crippen molar-refractivity contribution in [3.63, 3.8) is 0 Å². The Morgan fingerprint density at radius 1 is 1.42 bits per heavy atom. The highest BCUT2D eigenvalue weighted by atomic mass is 16.5. The number of hydrogen-bond acceptors (Lipinski definition) is 4. The summed E-state index contributed by atoms with van der Waals surface area (Å²) in [7, 11) is 1.39. The average molecular weight is 263 g/mol. The van der Waals surface area contributed by atoms with Crippen LogP contribution in [0.3, 0.4) is 0 Å². The van der Waals surface area contributed by atoms with Crippen LogP contribution in [-0.4, -0.2) is 32.3 Å². The number of carbonyl (C=O) groups is 1. The lowest BCUT2D eigenvalue weighted by atomic mass is 10.1. The third-order valence-corrected chi connectivity index (χ3v) is 3.37. The molecule has 1 fully saturated rings. The molecule has 0 saturated carbocycles. The van der Waals surface area contributed by atoms with Gasteiger partial charge in [-0.15, -0.1) is 0 Å². The normalized spacial score (nSPS) is 18.5. The first-order valence-corrected chi connectivity index (χ1v) is 6.79. The predicted octanol–water partition coefficient (Wildman–Crippen LogP) is 2.13. The summed E-state index contributed by atoms with van der Waals surface area (Å²) in [4.78, 5) is 11.3. The van der Waals surface area contributed by atoms with Crippen LogP contribution in [0.25, 0.3) is 0 Å². The topological polar surface area (TPSA) is 47.6 Å². The summed E-state index contributed by atoms with van der Waals surface area (Å²) < 4.78 is 10.2. The van der Waals surface area contributed by atoms with E-state index in [0.29, 0.717) is 11.7 Å². The predicted molar refractivity (Wildman–Crippen MR) is 73.1 cm³/mol. The molecule has 0 amide bonds. The monoisotopic (exact) mass is 263 g/mol. The molecule has 1 unspecified atom stereocenters. The third-order valence-electron chi connectivity index (χ3n) is 3.37. The van der Waals surface area contributed by atoms with E-state index in [1.54, 1.807) is 12.1 Å². The van der Waals surface area contributed by atoms with Crippen molar-refractivity contribution in [3.8, 4) is 0 Å². The number of methoxy groups -OCH3 is 1. The Balaban J connectivity index is 1.69. The van der Waals surface area contributed by atoms with Gasteiger partial charge in [-0.1, -0.05) is 12.1 Å². The van der Waals surface area contributed by atoms with Crippen molar-refractivity contribution in [3.05, 3.63) is 35.4 Å². The molecule has 1 aromatic rings. The van der Waals surface area contributed by atoms with Gasteiger partial charge in [-0.05, 0) is 43.5 Å². The zero-order chi connectivity index (χ0) is 13.5. The van der Waals surface area contributed by atoms with Crippen molar-refractivity contribution in [2.75, 3.05) is 20.3 Å². The number of esters is 1. The minimum absolute atomic E-state index is 0.294. The van der Waals surface area contributed by atoms with Crippen LogP contribution in [0.4, 0.5) is 0 Å². The van der Waals surface area contributed by atoms with Crippen molar-refractivity contribution in [1.82, 2.24) is 5.32 Å². The Hall–Kier alpha value is -1.39. The average Bonchev–Trinajstić information content (AvgIpc) is 2.96. The van der Waals surface area contributed by atoms with Crippen molar-refractivity contribution >= 4 is 5.97 Å². The van der Waals surface area contributed by atoms with Crippen LogP contribution in [-0.2, 0) is 16.0 Å². The Morgan fingerprint density at radius 3 is 2.84 bits per heavy atom.